The van der Waals surface area contributed by atoms with Crippen molar-refractivity contribution in [3.63, 3.8) is 0 Å². The molecule has 5 nitrogen and oxygen atoms in total. The Morgan fingerprint density at radius 1 is 1.09 bits per heavy atom. The van der Waals surface area contributed by atoms with E-state index in [1.54, 1.807) is 6.07 Å². The van der Waals surface area contributed by atoms with Crippen molar-refractivity contribution in [2.45, 2.75) is 39.7 Å². The van der Waals surface area contributed by atoms with Crippen molar-refractivity contribution in [3.8, 4) is 16.9 Å². The van der Waals surface area contributed by atoms with E-state index in [1.807, 2.05) is 57.2 Å². The third-order valence-electron chi connectivity index (χ3n) is 5.74. The van der Waals surface area contributed by atoms with Gasteiger partial charge in [-0.05, 0) is 81.1 Å². The number of piperidine rings is 1. The Morgan fingerprint density at radius 3 is 2.50 bits per heavy atom. The molecule has 1 saturated heterocycles. The zero-order chi connectivity index (χ0) is 22.7. The average Bonchev–Trinajstić information content (AvgIpc) is 2.80. The summed E-state index contributed by atoms with van der Waals surface area (Å²) in [7, 11) is 0. The van der Waals surface area contributed by atoms with Gasteiger partial charge in [-0.25, -0.2) is 9.37 Å². The highest BCUT2D eigenvalue weighted by Gasteiger charge is 2.26. The first kappa shape index (κ1) is 22.1. The lowest BCUT2D eigenvalue weighted by Gasteiger charge is -2.31. The number of aromatic nitrogens is 1. The van der Waals surface area contributed by atoms with Crippen LogP contribution in [0.25, 0.3) is 22.0 Å². The lowest BCUT2D eigenvalue weighted by Crippen LogP contribution is -2.37. The first-order valence-corrected chi connectivity index (χ1v) is 11.2. The standard InChI is InChI=1S/C26H29FN2O3/c1-4-31-26(30)18-11-13-29(14-12-18)25-10-7-21-15-19(5-8-23(21)28-25)20-6-9-24(22(27)16-20)32-17(2)3/h5-10,15-18H,4,11-14H2,1-3H3. The fourth-order valence-corrected chi connectivity index (χ4v) is 4.10. The second-order valence-corrected chi connectivity index (χ2v) is 8.40. The van der Waals surface area contributed by atoms with Crippen molar-refractivity contribution < 1.29 is 18.7 Å². The molecule has 1 aliphatic rings. The Kier molecular flexibility index (Phi) is 6.58. The van der Waals surface area contributed by atoms with Gasteiger partial charge in [-0.15, -0.1) is 0 Å². The molecule has 4 rings (SSSR count). The summed E-state index contributed by atoms with van der Waals surface area (Å²) >= 11 is 0. The summed E-state index contributed by atoms with van der Waals surface area (Å²) in [6.45, 7) is 7.58. The predicted octanol–water partition coefficient (Wildman–Crippen LogP) is 5.61. The Morgan fingerprint density at radius 2 is 1.81 bits per heavy atom. The summed E-state index contributed by atoms with van der Waals surface area (Å²) in [5.74, 6) is 0.700. The average molecular weight is 437 g/mol. The predicted molar refractivity (Wildman–Crippen MR) is 124 cm³/mol. The van der Waals surface area contributed by atoms with E-state index in [-0.39, 0.29) is 29.6 Å². The number of pyridine rings is 1. The summed E-state index contributed by atoms with van der Waals surface area (Å²) in [6, 6.07) is 15.1. The maximum absolute atomic E-state index is 14.4. The summed E-state index contributed by atoms with van der Waals surface area (Å²) in [4.78, 5) is 19.0. The third kappa shape index (κ3) is 4.85. The van der Waals surface area contributed by atoms with Gasteiger partial charge in [0.05, 0.1) is 24.1 Å². The van der Waals surface area contributed by atoms with Gasteiger partial charge in [-0.3, -0.25) is 4.79 Å². The molecule has 32 heavy (non-hydrogen) atoms. The normalized spacial score (nSPS) is 14.7. The lowest BCUT2D eigenvalue weighted by molar-refractivity contribution is -0.148. The van der Waals surface area contributed by atoms with Crippen LogP contribution in [0.1, 0.15) is 33.6 Å². The van der Waals surface area contributed by atoms with E-state index in [1.165, 1.54) is 6.07 Å². The molecule has 0 bridgehead atoms. The van der Waals surface area contributed by atoms with E-state index >= 15 is 0 Å². The molecule has 0 unspecified atom stereocenters. The van der Waals surface area contributed by atoms with Gasteiger partial charge in [-0.1, -0.05) is 12.1 Å². The highest BCUT2D eigenvalue weighted by molar-refractivity contribution is 5.86. The Hall–Kier alpha value is -3.15. The van der Waals surface area contributed by atoms with E-state index in [2.05, 4.69) is 4.90 Å². The molecule has 0 radical (unpaired) electrons. The number of fused-ring (bicyclic) bond motifs is 1. The number of hydrogen-bond donors (Lipinski definition) is 0. The van der Waals surface area contributed by atoms with Crippen LogP contribution in [0.2, 0.25) is 0 Å². The maximum Gasteiger partial charge on any atom is 0.309 e. The van der Waals surface area contributed by atoms with Crippen LogP contribution in [-0.4, -0.2) is 36.8 Å². The summed E-state index contributed by atoms with van der Waals surface area (Å²) in [5.41, 5.74) is 2.61. The molecule has 6 heteroatoms. The third-order valence-corrected chi connectivity index (χ3v) is 5.74. The highest BCUT2D eigenvalue weighted by Crippen LogP contribution is 2.30. The molecule has 0 amide bonds. The van der Waals surface area contributed by atoms with Gasteiger partial charge in [0.15, 0.2) is 11.6 Å². The number of carbonyl (C=O) groups is 1. The Balaban J connectivity index is 1.50. The minimum atomic E-state index is -0.365. The van der Waals surface area contributed by atoms with Crippen LogP contribution in [0.15, 0.2) is 48.5 Å². The van der Waals surface area contributed by atoms with Gasteiger partial charge in [-0.2, -0.15) is 0 Å². The first-order valence-electron chi connectivity index (χ1n) is 11.2. The Labute approximate surface area is 188 Å². The van der Waals surface area contributed by atoms with Crippen molar-refractivity contribution in [1.82, 2.24) is 4.98 Å². The number of ether oxygens (including phenoxy) is 2. The number of esters is 1. The molecule has 0 aliphatic carbocycles. The minimum Gasteiger partial charge on any atom is -0.488 e. The van der Waals surface area contributed by atoms with Crippen LogP contribution < -0.4 is 9.64 Å². The van der Waals surface area contributed by atoms with Crippen molar-refractivity contribution in [3.05, 3.63) is 54.3 Å². The van der Waals surface area contributed by atoms with Crippen LogP contribution in [0, 0.1) is 11.7 Å². The minimum absolute atomic E-state index is 0.0214. The van der Waals surface area contributed by atoms with Crippen molar-refractivity contribution in [1.29, 1.82) is 0 Å². The molecule has 1 aliphatic heterocycles. The molecule has 2 aromatic carbocycles. The van der Waals surface area contributed by atoms with E-state index in [9.17, 15) is 9.18 Å². The van der Waals surface area contributed by atoms with E-state index in [0.29, 0.717) is 6.61 Å². The monoisotopic (exact) mass is 436 g/mol. The number of benzene rings is 2. The molecular weight excluding hydrogens is 407 g/mol. The van der Waals surface area contributed by atoms with Gasteiger partial charge >= 0.3 is 5.97 Å². The molecule has 168 valence electrons. The SMILES string of the molecule is CCOC(=O)C1CCN(c2ccc3cc(-c4ccc(OC(C)C)c(F)c4)ccc3n2)CC1. The van der Waals surface area contributed by atoms with Gasteiger partial charge in [0.25, 0.3) is 0 Å². The summed E-state index contributed by atoms with van der Waals surface area (Å²) in [6.07, 6.45) is 1.48. The van der Waals surface area contributed by atoms with Crippen LogP contribution in [-0.2, 0) is 9.53 Å². The molecule has 0 spiro atoms. The number of carbonyl (C=O) groups excluding carboxylic acids is 1. The molecule has 1 fully saturated rings. The first-order chi connectivity index (χ1) is 15.4. The lowest BCUT2D eigenvalue weighted by atomic mass is 9.97. The van der Waals surface area contributed by atoms with E-state index in [4.69, 9.17) is 14.5 Å². The zero-order valence-electron chi connectivity index (χ0n) is 18.8. The second kappa shape index (κ2) is 9.55. The van der Waals surface area contributed by atoms with Crippen LogP contribution in [0.3, 0.4) is 0 Å². The highest BCUT2D eigenvalue weighted by atomic mass is 19.1. The van der Waals surface area contributed by atoms with Crippen LogP contribution >= 0.6 is 0 Å². The largest absolute Gasteiger partial charge is 0.488 e. The molecule has 3 aromatic rings. The molecule has 0 saturated carbocycles. The quantitative estimate of drug-likeness (QED) is 0.470. The molecule has 0 atom stereocenters. The number of hydrogen-bond acceptors (Lipinski definition) is 5. The number of nitrogens with zero attached hydrogens (tertiary/aromatic N) is 2. The second-order valence-electron chi connectivity index (χ2n) is 8.40. The van der Waals surface area contributed by atoms with Gasteiger partial charge in [0.2, 0.25) is 0 Å². The van der Waals surface area contributed by atoms with Crippen LogP contribution in [0.4, 0.5) is 10.2 Å². The summed E-state index contributed by atoms with van der Waals surface area (Å²) in [5, 5.41) is 0.996. The summed E-state index contributed by atoms with van der Waals surface area (Å²) < 4.78 is 25.1. The van der Waals surface area contributed by atoms with Crippen molar-refractivity contribution >= 4 is 22.7 Å². The van der Waals surface area contributed by atoms with Crippen LogP contribution in [0.5, 0.6) is 5.75 Å². The van der Waals surface area contributed by atoms with Gasteiger partial charge < -0.3 is 14.4 Å². The van der Waals surface area contributed by atoms with E-state index < -0.39 is 0 Å². The fraction of sp³-hybridized carbons (Fsp3) is 0.385. The van der Waals surface area contributed by atoms with Gasteiger partial charge in [0.1, 0.15) is 5.82 Å². The maximum atomic E-state index is 14.4. The fourth-order valence-electron chi connectivity index (χ4n) is 4.10. The number of anilines is 1. The molecule has 0 N–H and O–H groups in total. The van der Waals surface area contributed by atoms with Crippen molar-refractivity contribution in [2.24, 2.45) is 5.92 Å². The molecule has 2 heterocycles. The number of rotatable bonds is 6. The topological polar surface area (TPSA) is 51.7 Å². The van der Waals surface area contributed by atoms with Crippen molar-refractivity contribution in [2.75, 3.05) is 24.6 Å². The smallest absolute Gasteiger partial charge is 0.309 e. The zero-order valence-corrected chi connectivity index (χ0v) is 18.8. The molecular formula is C26H29FN2O3. The van der Waals surface area contributed by atoms with E-state index in [0.717, 1.165) is 53.8 Å². The van der Waals surface area contributed by atoms with Gasteiger partial charge in [0, 0.05) is 18.5 Å². The Bertz CT molecular complexity index is 1110. The number of halogens is 1. The molecule has 1 aromatic heterocycles.